The number of carbonyl (C=O) groups excluding carboxylic acids is 1. The Balaban J connectivity index is 1.64. The van der Waals surface area contributed by atoms with E-state index in [4.69, 9.17) is 4.42 Å². The van der Waals surface area contributed by atoms with E-state index in [1.807, 2.05) is 67.0 Å². The van der Waals surface area contributed by atoms with Crippen LogP contribution in [0, 0.1) is 6.92 Å². The Labute approximate surface area is 159 Å². The zero-order valence-electron chi connectivity index (χ0n) is 14.5. The quantitative estimate of drug-likeness (QED) is 0.418. The van der Waals surface area contributed by atoms with Gasteiger partial charge in [0.05, 0.1) is 16.8 Å². The number of thiophene rings is 1. The van der Waals surface area contributed by atoms with Gasteiger partial charge in [-0.05, 0) is 42.6 Å². The molecule has 0 saturated carbocycles. The fourth-order valence-electron chi connectivity index (χ4n) is 2.57. The van der Waals surface area contributed by atoms with E-state index in [0.717, 1.165) is 17.0 Å². The minimum Gasteiger partial charge on any atom is -0.460 e. The van der Waals surface area contributed by atoms with Crippen LogP contribution in [0.5, 0.6) is 0 Å². The highest BCUT2D eigenvalue weighted by Gasteiger charge is 2.14. The van der Waals surface area contributed by atoms with E-state index >= 15 is 0 Å². The van der Waals surface area contributed by atoms with Gasteiger partial charge < -0.3 is 4.42 Å². The van der Waals surface area contributed by atoms with Crippen molar-refractivity contribution in [2.24, 2.45) is 5.10 Å². The van der Waals surface area contributed by atoms with E-state index in [1.54, 1.807) is 17.0 Å². The maximum atomic E-state index is 12.0. The minimum atomic E-state index is -0.243. The fourth-order valence-corrected chi connectivity index (χ4v) is 3.18. The Morgan fingerprint density at radius 2 is 2.04 bits per heavy atom. The van der Waals surface area contributed by atoms with E-state index in [1.165, 1.54) is 11.3 Å². The number of hydrogen-bond acceptors (Lipinski definition) is 5. The van der Waals surface area contributed by atoms with Crippen molar-refractivity contribution in [2.75, 3.05) is 0 Å². The number of benzene rings is 1. The number of amides is 1. The number of carbonyl (C=O) groups is 1. The number of rotatable bonds is 5. The third-order valence-electron chi connectivity index (χ3n) is 3.85. The van der Waals surface area contributed by atoms with Crippen molar-refractivity contribution in [1.82, 2.24) is 15.2 Å². The topological polar surface area (TPSA) is 72.4 Å². The molecule has 3 aromatic heterocycles. The molecule has 7 heteroatoms. The largest absolute Gasteiger partial charge is 0.460 e. The second kappa shape index (κ2) is 7.43. The van der Waals surface area contributed by atoms with Gasteiger partial charge in [0.2, 0.25) is 0 Å². The maximum absolute atomic E-state index is 12.0. The number of furan rings is 1. The predicted octanol–water partition coefficient (Wildman–Crippen LogP) is 4.27. The normalized spacial score (nSPS) is 11.1. The lowest BCUT2D eigenvalue weighted by atomic mass is 10.2. The first-order valence-corrected chi connectivity index (χ1v) is 9.17. The summed E-state index contributed by atoms with van der Waals surface area (Å²) in [5.41, 5.74) is 4.85. The van der Waals surface area contributed by atoms with Crippen molar-refractivity contribution >= 4 is 23.5 Å². The van der Waals surface area contributed by atoms with Gasteiger partial charge in [-0.3, -0.25) is 4.79 Å². The SMILES string of the molecule is Cc1ccc(-c2nn(-c3ccccc3)cc2/C=N\NC(=O)c2cccs2)o1. The molecule has 27 heavy (non-hydrogen) atoms. The molecule has 4 rings (SSSR count). The van der Waals surface area contributed by atoms with E-state index in [0.29, 0.717) is 16.3 Å². The summed E-state index contributed by atoms with van der Waals surface area (Å²) in [5, 5.41) is 10.6. The summed E-state index contributed by atoms with van der Waals surface area (Å²) in [6.07, 6.45) is 3.43. The van der Waals surface area contributed by atoms with Gasteiger partial charge in [0.15, 0.2) is 5.76 Å². The molecule has 134 valence electrons. The van der Waals surface area contributed by atoms with Crippen molar-refractivity contribution in [1.29, 1.82) is 0 Å². The van der Waals surface area contributed by atoms with Crippen LogP contribution in [0.4, 0.5) is 0 Å². The summed E-state index contributed by atoms with van der Waals surface area (Å²) >= 11 is 1.36. The summed E-state index contributed by atoms with van der Waals surface area (Å²) < 4.78 is 7.48. The van der Waals surface area contributed by atoms with Gasteiger partial charge in [0.25, 0.3) is 5.91 Å². The molecule has 1 aromatic carbocycles. The van der Waals surface area contributed by atoms with Crippen molar-refractivity contribution in [3.8, 4) is 17.1 Å². The molecule has 1 amide bonds. The highest BCUT2D eigenvalue weighted by atomic mass is 32.1. The molecule has 4 aromatic rings. The number of aryl methyl sites for hydroxylation is 1. The van der Waals surface area contributed by atoms with Crippen molar-refractivity contribution < 1.29 is 9.21 Å². The van der Waals surface area contributed by atoms with Gasteiger partial charge in [-0.15, -0.1) is 11.3 Å². The molecule has 0 bridgehead atoms. The molecule has 0 unspecified atom stereocenters. The van der Waals surface area contributed by atoms with Gasteiger partial charge >= 0.3 is 0 Å². The molecule has 0 aliphatic rings. The third kappa shape index (κ3) is 3.73. The van der Waals surface area contributed by atoms with Crippen LogP contribution >= 0.6 is 11.3 Å². The Kier molecular flexibility index (Phi) is 4.67. The van der Waals surface area contributed by atoms with Gasteiger partial charge in [-0.25, -0.2) is 10.1 Å². The fraction of sp³-hybridized carbons (Fsp3) is 0.0500. The molecular formula is C20H16N4O2S. The number of hydrazone groups is 1. The van der Waals surface area contributed by atoms with Gasteiger partial charge in [-0.2, -0.15) is 10.2 Å². The second-order valence-corrected chi connectivity index (χ2v) is 6.75. The average molecular weight is 376 g/mol. The first-order chi connectivity index (χ1) is 13.2. The van der Waals surface area contributed by atoms with E-state index in [-0.39, 0.29) is 5.91 Å². The number of nitrogens with one attached hydrogen (secondary N) is 1. The minimum absolute atomic E-state index is 0.243. The molecule has 0 aliphatic heterocycles. The number of hydrogen-bond donors (Lipinski definition) is 1. The second-order valence-electron chi connectivity index (χ2n) is 5.80. The highest BCUT2D eigenvalue weighted by molar-refractivity contribution is 7.12. The third-order valence-corrected chi connectivity index (χ3v) is 4.72. The van der Waals surface area contributed by atoms with Crippen LogP contribution in [-0.4, -0.2) is 21.9 Å². The Hall–Kier alpha value is -3.45. The Morgan fingerprint density at radius 3 is 2.74 bits per heavy atom. The molecule has 0 atom stereocenters. The summed E-state index contributed by atoms with van der Waals surface area (Å²) in [4.78, 5) is 12.6. The van der Waals surface area contributed by atoms with Crippen LogP contribution in [-0.2, 0) is 0 Å². The van der Waals surface area contributed by atoms with Gasteiger partial charge in [-0.1, -0.05) is 24.3 Å². The number of aromatic nitrogens is 2. The standard InChI is InChI=1S/C20H16N4O2S/c1-14-9-10-17(26-14)19-15(12-21-22-20(25)18-8-5-11-27-18)13-24(23-19)16-6-3-2-4-7-16/h2-13H,1H3,(H,22,25)/b21-12-. The van der Waals surface area contributed by atoms with E-state index in [2.05, 4.69) is 15.6 Å². The molecule has 0 saturated heterocycles. The summed E-state index contributed by atoms with van der Waals surface area (Å²) in [6, 6.07) is 17.1. The molecule has 6 nitrogen and oxygen atoms in total. The maximum Gasteiger partial charge on any atom is 0.281 e. The van der Waals surface area contributed by atoms with Crippen molar-refractivity contribution in [3.63, 3.8) is 0 Å². The molecule has 3 heterocycles. The zero-order chi connectivity index (χ0) is 18.6. The summed E-state index contributed by atoms with van der Waals surface area (Å²) in [6.45, 7) is 1.88. The van der Waals surface area contributed by atoms with E-state index < -0.39 is 0 Å². The first kappa shape index (κ1) is 17.0. The molecule has 0 spiro atoms. The van der Waals surface area contributed by atoms with Gasteiger partial charge in [0, 0.05) is 11.8 Å². The lowest BCUT2D eigenvalue weighted by molar-refractivity contribution is 0.0959. The summed E-state index contributed by atoms with van der Waals surface area (Å²) in [5.74, 6) is 1.20. The molecule has 0 radical (unpaired) electrons. The van der Waals surface area contributed by atoms with Gasteiger partial charge in [0.1, 0.15) is 11.5 Å². The monoisotopic (exact) mass is 376 g/mol. The molecular weight excluding hydrogens is 360 g/mol. The Morgan fingerprint density at radius 1 is 1.19 bits per heavy atom. The van der Waals surface area contributed by atoms with Crippen LogP contribution in [0.25, 0.3) is 17.1 Å². The molecule has 0 fully saturated rings. The lowest BCUT2D eigenvalue weighted by Crippen LogP contribution is -2.16. The molecule has 1 N–H and O–H groups in total. The zero-order valence-corrected chi connectivity index (χ0v) is 15.3. The lowest BCUT2D eigenvalue weighted by Gasteiger charge is -1.98. The predicted molar refractivity (Wildman–Crippen MR) is 105 cm³/mol. The van der Waals surface area contributed by atoms with Crippen LogP contribution < -0.4 is 5.43 Å². The van der Waals surface area contributed by atoms with E-state index in [9.17, 15) is 4.79 Å². The first-order valence-electron chi connectivity index (χ1n) is 8.29. The van der Waals surface area contributed by atoms with Crippen LogP contribution in [0.15, 0.2) is 75.7 Å². The van der Waals surface area contributed by atoms with Crippen molar-refractivity contribution in [3.05, 3.63) is 82.4 Å². The summed E-state index contributed by atoms with van der Waals surface area (Å²) in [7, 11) is 0. The highest BCUT2D eigenvalue weighted by Crippen LogP contribution is 2.24. The number of para-hydroxylation sites is 1. The average Bonchev–Trinajstić information content (AvgIpc) is 3.43. The number of nitrogens with zero attached hydrogens (tertiary/aromatic N) is 3. The Bertz CT molecular complexity index is 1080. The van der Waals surface area contributed by atoms with Crippen LogP contribution in [0.3, 0.4) is 0 Å². The smallest absolute Gasteiger partial charge is 0.281 e. The van der Waals surface area contributed by atoms with Crippen LogP contribution in [0.2, 0.25) is 0 Å². The van der Waals surface area contributed by atoms with Crippen LogP contribution in [0.1, 0.15) is 21.0 Å². The van der Waals surface area contributed by atoms with Crippen molar-refractivity contribution in [2.45, 2.75) is 6.92 Å². The molecule has 0 aliphatic carbocycles.